The van der Waals surface area contributed by atoms with Crippen molar-refractivity contribution in [2.75, 3.05) is 7.05 Å². The van der Waals surface area contributed by atoms with Gasteiger partial charge in [-0.3, -0.25) is 9.59 Å². The number of aromatic nitrogens is 2. The molecule has 1 aromatic heterocycles. The van der Waals surface area contributed by atoms with Crippen LogP contribution in [0.3, 0.4) is 0 Å². The summed E-state index contributed by atoms with van der Waals surface area (Å²) in [6.07, 6.45) is 1.77. The molecular formula is C22H20ClN3O2. The van der Waals surface area contributed by atoms with Crippen LogP contribution in [0.2, 0.25) is 5.02 Å². The summed E-state index contributed by atoms with van der Waals surface area (Å²) >= 11 is 5.96. The fourth-order valence-corrected chi connectivity index (χ4v) is 3.91. The van der Waals surface area contributed by atoms with E-state index in [0.29, 0.717) is 10.7 Å². The zero-order valence-corrected chi connectivity index (χ0v) is 16.5. The van der Waals surface area contributed by atoms with Crippen molar-refractivity contribution < 1.29 is 4.79 Å². The van der Waals surface area contributed by atoms with Crippen LogP contribution >= 0.6 is 11.6 Å². The van der Waals surface area contributed by atoms with Crippen LogP contribution in [0, 0.1) is 6.92 Å². The van der Waals surface area contributed by atoms with Crippen LogP contribution in [-0.2, 0) is 6.42 Å². The second-order valence-corrected chi connectivity index (χ2v) is 7.49. The Balaban J connectivity index is 1.71. The van der Waals surface area contributed by atoms with E-state index in [2.05, 4.69) is 11.2 Å². The molecule has 1 amide bonds. The molecule has 1 atom stereocenters. The monoisotopic (exact) mass is 393 g/mol. The number of carbonyl (C=O) groups excluding carboxylic acids is 1. The number of carbonyl (C=O) groups is 1. The molecule has 4 rings (SSSR count). The van der Waals surface area contributed by atoms with Crippen molar-refractivity contribution in [2.45, 2.75) is 25.8 Å². The van der Waals surface area contributed by atoms with Crippen LogP contribution < -0.4 is 5.43 Å². The van der Waals surface area contributed by atoms with E-state index in [-0.39, 0.29) is 23.1 Å². The van der Waals surface area contributed by atoms with Crippen molar-refractivity contribution in [3.63, 3.8) is 0 Å². The minimum absolute atomic E-state index is 0.0461. The summed E-state index contributed by atoms with van der Waals surface area (Å²) in [6.45, 7) is 1.79. The van der Waals surface area contributed by atoms with E-state index in [1.807, 2.05) is 18.2 Å². The number of hydrogen-bond donors (Lipinski definition) is 0. The Hall–Kier alpha value is -2.92. The summed E-state index contributed by atoms with van der Waals surface area (Å²) in [7, 11) is 1.74. The first-order valence-electron chi connectivity index (χ1n) is 9.17. The number of fused-ring (bicyclic) bond motifs is 1. The van der Waals surface area contributed by atoms with E-state index in [0.717, 1.165) is 24.1 Å². The Labute approximate surface area is 168 Å². The van der Waals surface area contributed by atoms with Gasteiger partial charge in [-0.2, -0.15) is 5.10 Å². The number of nitrogens with zero attached hydrogens (tertiary/aromatic N) is 3. The van der Waals surface area contributed by atoms with Gasteiger partial charge >= 0.3 is 0 Å². The lowest BCUT2D eigenvalue weighted by Crippen LogP contribution is -2.35. The molecule has 5 nitrogen and oxygen atoms in total. The molecular weight excluding hydrogens is 374 g/mol. The van der Waals surface area contributed by atoms with E-state index in [1.54, 1.807) is 47.8 Å². The standard InChI is InChI=1S/C22H20ClN3O2/c1-14-13-20(27)21(24-26(14)17-10-8-16(23)9-11-17)22(28)25(2)19-12-7-15-5-3-4-6-18(15)19/h3-6,8-11,13,19H,7,12H2,1-2H3/t19-/m0/s1. The molecule has 6 heteroatoms. The number of halogens is 1. The average Bonchev–Trinajstić information content (AvgIpc) is 3.12. The zero-order chi connectivity index (χ0) is 19.8. The lowest BCUT2D eigenvalue weighted by Gasteiger charge is -2.25. The smallest absolute Gasteiger partial charge is 0.278 e. The highest BCUT2D eigenvalue weighted by molar-refractivity contribution is 6.30. The minimum Gasteiger partial charge on any atom is -0.333 e. The maximum atomic E-state index is 13.1. The van der Waals surface area contributed by atoms with Crippen molar-refractivity contribution >= 4 is 17.5 Å². The van der Waals surface area contributed by atoms with E-state index < -0.39 is 0 Å². The van der Waals surface area contributed by atoms with Crippen LogP contribution in [0.25, 0.3) is 5.69 Å². The molecule has 0 fully saturated rings. The molecule has 3 aromatic rings. The van der Waals surface area contributed by atoms with Crippen molar-refractivity contribution in [1.82, 2.24) is 14.7 Å². The minimum atomic E-state index is -0.370. The molecule has 1 heterocycles. The number of aryl methyl sites for hydroxylation is 2. The molecule has 0 saturated carbocycles. The first-order chi connectivity index (χ1) is 13.5. The first-order valence-corrected chi connectivity index (χ1v) is 9.55. The predicted molar refractivity (Wildman–Crippen MR) is 109 cm³/mol. The number of benzene rings is 2. The van der Waals surface area contributed by atoms with E-state index >= 15 is 0 Å². The Bertz CT molecular complexity index is 1110. The van der Waals surface area contributed by atoms with Crippen LogP contribution in [0.4, 0.5) is 0 Å². The van der Waals surface area contributed by atoms with Crippen molar-refractivity contribution in [1.29, 1.82) is 0 Å². The summed E-state index contributed by atoms with van der Waals surface area (Å²) < 4.78 is 1.60. The lowest BCUT2D eigenvalue weighted by atomic mass is 10.1. The van der Waals surface area contributed by atoms with E-state index in [1.165, 1.54) is 11.6 Å². The second-order valence-electron chi connectivity index (χ2n) is 7.06. The number of rotatable bonds is 3. The topological polar surface area (TPSA) is 55.2 Å². The molecule has 2 aromatic carbocycles. The van der Waals surface area contributed by atoms with Gasteiger partial charge in [0.05, 0.1) is 11.7 Å². The third-order valence-electron chi connectivity index (χ3n) is 5.27. The lowest BCUT2D eigenvalue weighted by molar-refractivity contribution is 0.0721. The van der Waals surface area contributed by atoms with Crippen LogP contribution in [0.5, 0.6) is 0 Å². The van der Waals surface area contributed by atoms with Gasteiger partial charge < -0.3 is 4.90 Å². The van der Waals surface area contributed by atoms with Gasteiger partial charge in [-0.05, 0) is 55.2 Å². The van der Waals surface area contributed by atoms with Gasteiger partial charge in [-0.1, -0.05) is 35.9 Å². The molecule has 142 valence electrons. The Morgan fingerprint density at radius 1 is 1.18 bits per heavy atom. The van der Waals surface area contributed by atoms with E-state index in [4.69, 9.17) is 11.6 Å². The Morgan fingerprint density at radius 2 is 1.89 bits per heavy atom. The molecule has 0 bridgehead atoms. The van der Waals surface area contributed by atoms with Gasteiger partial charge in [0.15, 0.2) is 5.69 Å². The van der Waals surface area contributed by atoms with Crippen LogP contribution in [-0.4, -0.2) is 27.6 Å². The molecule has 1 aliphatic carbocycles. The molecule has 0 radical (unpaired) electrons. The quantitative estimate of drug-likeness (QED) is 0.677. The third-order valence-corrected chi connectivity index (χ3v) is 5.52. The zero-order valence-electron chi connectivity index (χ0n) is 15.7. The van der Waals surface area contributed by atoms with E-state index in [9.17, 15) is 9.59 Å². The number of amides is 1. The molecule has 0 aliphatic heterocycles. The fraction of sp³-hybridized carbons (Fsp3) is 0.227. The average molecular weight is 394 g/mol. The summed E-state index contributed by atoms with van der Waals surface area (Å²) in [6, 6.07) is 16.6. The van der Waals surface area contributed by atoms with Gasteiger partial charge in [0.1, 0.15) is 0 Å². The highest BCUT2D eigenvalue weighted by Crippen LogP contribution is 2.35. The summed E-state index contributed by atoms with van der Waals surface area (Å²) in [5.41, 5.74) is 3.34. The Kier molecular flexibility index (Phi) is 4.77. The van der Waals surface area contributed by atoms with Crippen molar-refractivity contribution in [2.24, 2.45) is 0 Å². The largest absolute Gasteiger partial charge is 0.333 e. The SMILES string of the molecule is Cc1cc(=O)c(C(=O)N(C)[C@H]2CCc3ccccc32)nn1-c1ccc(Cl)cc1. The van der Waals surface area contributed by atoms with Gasteiger partial charge in [0.2, 0.25) is 5.43 Å². The maximum Gasteiger partial charge on any atom is 0.278 e. The van der Waals surface area contributed by atoms with Gasteiger partial charge in [-0.25, -0.2) is 4.68 Å². The molecule has 28 heavy (non-hydrogen) atoms. The molecule has 0 N–H and O–H groups in total. The number of hydrogen-bond acceptors (Lipinski definition) is 3. The predicted octanol–water partition coefficient (Wildman–Crippen LogP) is 3.95. The van der Waals surface area contributed by atoms with Crippen LogP contribution in [0.15, 0.2) is 59.4 Å². The Morgan fingerprint density at radius 3 is 2.64 bits per heavy atom. The molecule has 0 saturated heterocycles. The normalized spacial score (nSPS) is 15.3. The summed E-state index contributed by atoms with van der Waals surface area (Å²) in [5, 5.41) is 5.00. The molecule has 0 spiro atoms. The third kappa shape index (κ3) is 3.22. The summed E-state index contributed by atoms with van der Waals surface area (Å²) in [4.78, 5) is 27.3. The van der Waals surface area contributed by atoms with Gasteiger partial charge in [-0.15, -0.1) is 0 Å². The van der Waals surface area contributed by atoms with Crippen molar-refractivity contribution in [3.8, 4) is 5.69 Å². The van der Waals surface area contributed by atoms with Crippen molar-refractivity contribution in [3.05, 3.63) is 92.4 Å². The highest BCUT2D eigenvalue weighted by atomic mass is 35.5. The molecule has 1 aliphatic rings. The maximum absolute atomic E-state index is 13.1. The first kappa shape index (κ1) is 18.4. The highest BCUT2D eigenvalue weighted by Gasteiger charge is 2.30. The molecule has 0 unspecified atom stereocenters. The van der Waals surface area contributed by atoms with Gasteiger partial charge in [0.25, 0.3) is 5.91 Å². The fourth-order valence-electron chi connectivity index (χ4n) is 3.78. The van der Waals surface area contributed by atoms with Gasteiger partial charge in [0, 0.05) is 23.8 Å². The second kappa shape index (κ2) is 7.24. The summed E-state index contributed by atoms with van der Waals surface area (Å²) in [5.74, 6) is -0.366. The van der Waals surface area contributed by atoms with Crippen LogP contribution in [0.1, 0.15) is 39.8 Å².